The summed E-state index contributed by atoms with van der Waals surface area (Å²) in [4.78, 5) is 49.2. The average Bonchev–Trinajstić information content (AvgIpc) is 3.07. The molecule has 9 nitrogen and oxygen atoms in total. The summed E-state index contributed by atoms with van der Waals surface area (Å²) in [6.07, 6.45) is 0. The van der Waals surface area contributed by atoms with Crippen LogP contribution in [-0.4, -0.2) is 51.1 Å². The van der Waals surface area contributed by atoms with Crippen LogP contribution in [0.4, 0.5) is 5.00 Å². The van der Waals surface area contributed by atoms with Crippen LogP contribution in [0, 0.1) is 6.92 Å². The molecule has 0 aliphatic carbocycles. The van der Waals surface area contributed by atoms with E-state index in [0.29, 0.717) is 16.2 Å². The third-order valence-corrected chi connectivity index (χ3v) is 5.47. The number of Topliss-reactive ketones (excluding diaryl/α,β-unsaturated/α-hetero) is 1. The van der Waals surface area contributed by atoms with Gasteiger partial charge in [0.2, 0.25) is 0 Å². The highest BCUT2D eigenvalue weighted by Gasteiger charge is 2.25. The summed E-state index contributed by atoms with van der Waals surface area (Å²) in [6.45, 7) is 4.13. The number of ether oxygens (including phenoxy) is 4. The molecular weight excluding hydrogens is 426 g/mol. The molecule has 10 heteroatoms. The standard InChI is InChI=1S/C21H23NO8S/c1-6-29-21(26)17-11(2)18(12(3)23)31-19(17)22-16(24)10-30-20(25)14-9-13(27-4)7-8-15(14)28-5/h7-9H,6,10H2,1-5H3,(H,22,24). The number of esters is 2. The normalized spacial score (nSPS) is 10.2. The Morgan fingerprint density at radius 2 is 1.74 bits per heavy atom. The van der Waals surface area contributed by atoms with Crippen LogP contribution in [0.5, 0.6) is 11.5 Å². The van der Waals surface area contributed by atoms with E-state index in [0.717, 1.165) is 11.3 Å². The van der Waals surface area contributed by atoms with E-state index in [4.69, 9.17) is 18.9 Å². The number of carbonyl (C=O) groups excluding carboxylic acids is 4. The van der Waals surface area contributed by atoms with Crippen molar-refractivity contribution in [1.29, 1.82) is 0 Å². The van der Waals surface area contributed by atoms with Crippen molar-refractivity contribution < 1.29 is 38.1 Å². The molecule has 0 saturated heterocycles. The van der Waals surface area contributed by atoms with E-state index in [1.165, 1.54) is 27.2 Å². The Kier molecular flexibility index (Phi) is 8.14. The molecule has 1 N–H and O–H groups in total. The monoisotopic (exact) mass is 449 g/mol. The first kappa shape index (κ1) is 23.9. The van der Waals surface area contributed by atoms with Gasteiger partial charge in [0.15, 0.2) is 12.4 Å². The maximum Gasteiger partial charge on any atom is 0.342 e. The van der Waals surface area contributed by atoms with Gasteiger partial charge in [-0.25, -0.2) is 9.59 Å². The highest BCUT2D eigenvalue weighted by molar-refractivity contribution is 7.18. The van der Waals surface area contributed by atoms with Gasteiger partial charge < -0.3 is 24.3 Å². The SMILES string of the molecule is CCOC(=O)c1c(NC(=O)COC(=O)c2cc(OC)ccc2OC)sc(C(C)=O)c1C. The molecule has 31 heavy (non-hydrogen) atoms. The zero-order chi connectivity index (χ0) is 23.1. The fourth-order valence-electron chi connectivity index (χ4n) is 2.73. The van der Waals surface area contributed by atoms with Crippen molar-refractivity contribution >= 4 is 40.0 Å². The number of hydrogen-bond acceptors (Lipinski definition) is 9. The van der Waals surface area contributed by atoms with Gasteiger partial charge in [-0.05, 0) is 44.5 Å². The number of nitrogens with one attached hydrogen (secondary N) is 1. The van der Waals surface area contributed by atoms with Crippen LogP contribution in [0.2, 0.25) is 0 Å². The molecule has 0 aliphatic heterocycles. The molecule has 0 spiro atoms. The summed E-state index contributed by atoms with van der Waals surface area (Å²) in [5, 5.41) is 2.67. The van der Waals surface area contributed by atoms with Crippen LogP contribution in [0.3, 0.4) is 0 Å². The second-order valence-electron chi connectivity index (χ2n) is 6.23. The fourth-order valence-corrected chi connectivity index (χ4v) is 3.84. The highest BCUT2D eigenvalue weighted by atomic mass is 32.1. The zero-order valence-corrected chi connectivity index (χ0v) is 18.6. The summed E-state index contributed by atoms with van der Waals surface area (Å²) in [6, 6.07) is 4.59. The van der Waals surface area contributed by atoms with Crippen molar-refractivity contribution in [2.75, 3.05) is 32.8 Å². The minimum atomic E-state index is -0.789. The molecule has 0 fully saturated rings. The summed E-state index contributed by atoms with van der Waals surface area (Å²) in [5.41, 5.74) is 0.614. The van der Waals surface area contributed by atoms with E-state index < -0.39 is 24.5 Å². The molecule has 0 bridgehead atoms. The van der Waals surface area contributed by atoms with Crippen LogP contribution in [0.1, 0.15) is 49.8 Å². The van der Waals surface area contributed by atoms with Gasteiger partial charge in [-0.3, -0.25) is 9.59 Å². The number of carbonyl (C=O) groups is 4. The second kappa shape index (κ2) is 10.6. The van der Waals surface area contributed by atoms with Crippen molar-refractivity contribution in [1.82, 2.24) is 0 Å². The quantitative estimate of drug-likeness (QED) is 0.458. The van der Waals surface area contributed by atoms with Gasteiger partial charge in [0.25, 0.3) is 5.91 Å². The molecule has 1 aromatic heterocycles. The van der Waals surface area contributed by atoms with Gasteiger partial charge in [0, 0.05) is 0 Å². The molecule has 166 valence electrons. The number of amides is 1. The van der Waals surface area contributed by atoms with E-state index in [1.807, 2.05) is 0 Å². The van der Waals surface area contributed by atoms with Gasteiger partial charge in [-0.1, -0.05) is 0 Å². The van der Waals surface area contributed by atoms with E-state index in [9.17, 15) is 19.2 Å². The van der Waals surface area contributed by atoms with E-state index >= 15 is 0 Å². The lowest BCUT2D eigenvalue weighted by atomic mass is 10.1. The highest BCUT2D eigenvalue weighted by Crippen LogP contribution is 2.34. The van der Waals surface area contributed by atoms with Gasteiger partial charge in [0.05, 0.1) is 31.3 Å². The number of anilines is 1. The third kappa shape index (κ3) is 5.60. The summed E-state index contributed by atoms with van der Waals surface area (Å²) < 4.78 is 20.3. The van der Waals surface area contributed by atoms with Crippen molar-refractivity contribution in [2.24, 2.45) is 0 Å². The number of benzene rings is 1. The Balaban J connectivity index is 2.16. The number of methoxy groups -OCH3 is 2. The number of rotatable bonds is 9. The Morgan fingerprint density at radius 1 is 1.03 bits per heavy atom. The smallest absolute Gasteiger partial charge is 0.342 e. The lowest BCUT2D eigenvalue weighted by molar-refractivity contribution is -0.119. The number of ketones is 1. The van der Waals surface area contributed by atoms with Crippen LogP contribution in [-0.2, 0) is 14.3 Å². The second-order valence-corrected chi connectivity index (χ2v) is 7.25. The van der Waals surface area contributed by atoms with Gasteiger partial charge in [0.1, 0.15) is 22.1 Å². The van der Waals surface area contributed by atoms with E-state index in [2.05, 4.69) is 5.32 Å². The van der Waals surface area contributed by atoms with Crippen molar-refractivity contribution in [3.05, 3.63) is 39.8 Å². The fraction of sp³-hybridized carbons (Fsp3) is 0.333. The number of hydrogen-bond donors (Lipinski definition) is 1. The largest absolute Gasteiger partial charge is 0.497 e. The van der Waals surface area contributed by atoms with Gasteiger partial charge in [-0.2, -0.15) is 0 Å². The van der Waals surface area contributed by atoms with Crippen LogP contribution < -0.4 is 14.8 Å². The summed E-state index contributed by atoms with van der Waals surface area (Å²) in [7, 11) is 2.85. The maximum absolute atomic E-state index is 12.4. The molecule has 0 unspecified atom stereocenters. The van der Waals surface area contributed by atoms with Gasteiger partial charge >= 0.3 is 11.9 Å². The van der Waals surface area contributed by atoms with Crippen molar-refractivity contribution in [2.45, 2.75) is 20.8 Å². The first-order chi connectivity index (χ1) is 14.7. The lowest BCUT2D eigenvalue weighted by Crippen LogP contribution is -2.22. The summed E-state index contributed by atoms with van der Waals surface area (Å²) >= 11 is 0.959. The molecule has 0 atom stereocenters. The molecule has 2 rings (SSSR count). The molecule has 0 radical (unpaired) electrons. The molecular formula is C21H23NO8S. The Hall–Kier alpha value is -3.40. The minimum Gasteiger partial charge on any atom is -0.497 e. The van der Waals surface area contributed by atoms with Crippen LogP contribution in [0.15, 0.2) is 18.2 Å². The topological polar surface area (TPSA) is 117 Å². The Bertz CT molecular complexity index is 1010. The predicted molar refractivity (Wildman–Crippen MR) is 113 cm³/mol. The van der Waals surface area contributed by atoms with Crippen LogP contribution >= 0.6 is 11.3 Å². The first-order valence-electron chi connectivity index (χ1n) is 9.23. The maximum atomic E-state index is 12.4. The van der Waals surface area contributed by atoms with Crippen molar-refractivity contribution in [3.8, 4) is 11.5 Å². The molecule has 0 aliphatic rings. The molecule has 1 aromatic carbocycles. The van der Waals surface area contributed by atoms with Crippen LogP contribution in [0.25, 0.3) is 0 Å². The van der Waals surface area contributed by atoms with Gasteiger partial charge in [-0.15, -0.1) is 11.3 Å². The summed E-state index contributed by atoms with van der Waals surface area (Å²) in [5.74, 6) is -1.69. The molecule has 0 saturated carbocycles. The minimum absolute atomic E-state index is 0.0905. The van der Waals surface area contributed by atoms with E-state index in [-0.39, 0.29) is 34.3 Å². The zero-order valence-electron chi connectivity index (χ0n) is 17.8. The molecule has 1 heterocycles. The lowest BCUT2D eigenvalue weighted by Gasteiger charge is -2.11. The van der Waals surface area contributed by atoms with Crippen molar-refractivity contribution in [3.63, 3.8) is 0 Å². The Morgan fingerprint density at radius 3 is 2.32 bits per heavy atom. The Labute approximate surface area is 183 Å². The van der Waals surface area contributed by atoms with E-state index in [1.54, 1.807) is 26.0 Å². The average molecular weight is 449 g/mol. The third-order valence-electron chi connectivity index (χ3n) is 4.16. The molecule has 2 aromatic rings. The molecule has 1 amide bonds. The predicted octanol–water partition coefficient (Wildman–Crippen LogP) is 3.25. The number of thiophene rings is 1. The first-order valence-corrected chi connectivity index (χ1v) is 10.1.